The van der Waals surface area contributed by atoms with E-state index in [-0.39, 0.29) is 19.0 Å². The molecule has 3 amide bonds. The summed E-state index contributed by atoms with van der Waals surface area (Å²) in [5.74, 6) is -2.35. The number of rotatable bonds is 6. The zero-order valence-corrected chi connectivity index (χ0v) is 13.0. The fraction of sp³-hybridized carbons (Fsp3) is 0.375. The van der Waals surface area contributed by atoms with Crippen LogP contribution in [-0.2, 0) is 9.59 Å². The van der Waals surface area contributed by atoms with Crippen LogP contribution in [0.4, 0.5) is 0 Å². The average Bonchev–Trinajstić information content (AvgIpc) is 2.74. The van der Waals surface area contributed by atoms with Gasteiger partial charge in [0, 0.05) is 19.0 Å². The highest BCUT2D eigenvalue weighted by molar-refractivity contribution is 6.21. The van der Waals surface area contributed by atoms with Crippen LogP contribution >= 0.6 is 0 Å². The minimum Gasteiger partial charge on any atom is -0.480 e. The van der Waals surface area contributed by atoms with Gasteiger partial charge in [-0.25, -0.2) is 0 Å². The van der Waals surface area contributed by atoms with Crippen molar-refractivity contribution >= 4 is 23.7 Å². The molecule has 1 aromatic carbocycles. The molecule has 0 saturated heterocycles. The maximum atomic E-state index is 12.2. The minimum absolute atomic E-state index is 0.0615. The maximum absolute atomic E-state index is 12.2. The summed E-state index contributed by atoms with van der Waals surface area (Å²) in [7, 11) is 0. The van der Waals surface area contributed by atoms with E-state index in [1.807, 2.05) is 0 Å². The van der Waals surface area contributed by atoms with Crippen molar-refractivity contribution in [3.63, 3.8) is 0 Å². The molecule has 0 fully saturated rings. The highest BCUT2D eigenvalue weighted by Gasteiger charge is 2.35. The van der Waals surface area contributed by atoms with Crippen LogP contribution in [0.3, 0.4) is 0 Å². The summed E-state index contributed by atoms with van der Waals surface area (Å²) < 4.78 is 0. The third-order valence-corrected chi connectivity index (χ3v) is 3.68. The summed E-state index contributed by atoms with van der Waals surface area (Å²) in [6.45, 7) is 2.96. The molecule has 1 aliphatic rings. The number of nitrogens with zero attached hydrogens (tertiary/aromatic N) is 2. The van der Waals surface area contributed by atoms with Gasteiger partial charge in [0.05, 0.1) is 11.1 Å². The Morgan fingerprint density at radius 1 is 1.13 bits per heavy atom. The first-order valence-electron chi connectivity index (χ1n) is 7.29. The standard InChI is InChI=1S/C16H18N2O5/c1-10(2)18(9-14(20)21)13(19)7-8-17-15(22)11-5-3-4-6-12(11)16(17)23/h3-6,10H,7-9H2,1-2H3,(H,20,21). The maximum Gasteiger partial charge on any atom is 0.323 e. The number of carboxylic acid groups (broad SMARTS) is 1. The Labute approximate surface area is 133 Å². The van der Waals surface area contributed by atoms with Gasteiger partial charge in [-0.15, -0.1) is 0 Å². The number of hydrogen-bond acceptors (Lipinski definition) is 4. The molecule has 0 aliphatic carbocycles. The summed E-state index contributed by atoms with van der Waals surface area (Å²) in [6, 6.07) is 6.21. The van der Waals surface area contributed by atoms with E-state index < -0.39 is 30.2 Å². The van der Waals surface area contributed by atoms with Gasteiger partial charge in [-0.1, -0.05) is 12.1 Å². The summed E-state index contributed by atoms with van der Waals surface area (Å²) in [4.78, 5) is 49.6. The number of benzene rings is 1. The molecule has 2 rings (SSSR count). The normalized spacial score (nSPS) is 13.4. The molecule has 0 aromatic heterocycles. The van der Waals surface area contributed by atoms with Crippen LogP contribution in [-0.4, -0.2) is 57.7 Å². The summed E-state index contributed by atoms with van der Waals surface area (Å²) >= 11 is 0. The molecule has 122 valence electrons. The molecule has 1 aromatic rings. The topological polar surface area (TPSA) is 95.0 Å². The summed E-state index contributed by atoms with van der Waals surface area (Å²) in [6.07, 6.45) is -0.100. The van der Waals surface area contributed by atoms with Crippen LogP contribution < -0.4 is 0 Å². The molecule has 7 nitrogen and oxygen atoms in total. The van der Waals surface area contributed by atoms with Crippen molar-refractivity contribution in [2.45, 2.75) is 26.3 Å². The molecule has 1 aliphatic heterocycles. The molecule has 0 radical (unpaired) electrons. The molecule has 0 spiro atoms. The third kappa shape index (κ3) is 3.39. The Bertz CT molecular complexity index is 633. The van der Waals surface area contributed by atoms with E-state index in [9.17, 15) is 19.2 Å². The fourth-order valence-electron chi connectivity index (χ4n) is 2.50. The quantitative estimate of drug-likeness (QED) is 0.789. The summed E-state index contributed by atoms with van der Waals surface area (Å²) in [5, 5.41) is 8.85. The van der Waals surface area contributed by atoms with E-state index in [2.05, 4.69) is 0 Å². The Balaban J connectivity index is 2.04. The Hall–Kier alpha value is -2.70. The van der Waals surface area contributed by atoms with Crippen LogP contribution in [0.25, 0.3) is 0 Å². The molecule has 0 bridgehead atoms. The van der Waals surface area contributed by atoms with E-state index in [4.69, 9.17) is 5.11 Å². The van der Waals surface area contributed by atoms with Gasteiger partial charge in [0.2, 0.25) is 5.91 Å². The number of carboxylic acids is 1. The lowest BCUT2D eigenvalue weighted by Gasteiger charge is -2.25. The predicted molar refractivity (Wildman–Crippen MR) is 80.9 cm³/mol. The van der Waals surface area contributed by atoms with Crippen molar-refractivity contribution in [1.29, 1.82) is 0 Å². The molecule has 0 atom stereocenters. The number of amides is 3. The first-order chi connectivity index (χ1) is 10.8. The predicted octanol–water partition coefficient (Wildman–Crippen LogP) is 0.994. The second-order valence-corrected chi connectivity index (χ2v) is 5.57. The van der Waals surface area contributed by atoms with Crippen LogP contribution in [0.2, 0.25) is 0 Å². The number of imide groups is 1. The van der Waals surface area contributed by atoms with E-state index in [0.29, 0.717) is 11.1 Å². The van der Waals surface area contributed by atoms with Gasteiger partial charge < -0.3 is 10.0 Å². The molecule has 7 heteroatoms. The smallest absolute Gasteiger partial charge is 0.323 e. The Kier molecular flexibility index (Phi) is 4.78. The van der Waals surface area contributed by atoms with E-state index in [1.54, 1.807) is 38.1 Å². The largest absolute Gasteiger partial charge is 0.480 e. The van der Waals surface area contributed by atoms with E-state index >= 15 is 0 Å². The number of fused-ring (bicyclic) bond motifs is 1. The zero-order valence-electron chi connectivity index (χ0n) is 13.0. The Morgan fingerprint density at radius 2 is 1.65 bits per heavy atom. The monoisotopic (exact) mass is 318 g/mol. The third-order valence-electron chi connectivity index (χ3n) is 3.68. The van der Waals surface area contributed by atoms with Crippen LogP contribution in [0, 0.1) is 0 Å². The molecule has 0 saturated carbocycles. The summed E-state index contributed by atoms with van der Waals surface area (Å²) in [5.41, 5.74) is 0.660. The second kappa shape index (κ2) is 6.60. The van der Waals surface area contributed by atoms with Crippen molar-refractivity contribution in [2.75, 3.05) is 13.1 Å². The van der Waals surface area contributed by atoms with Crippen LogP contribution in [0.15, 0.2) is 24.3 Å². The molecule has 1 heterocycles. The van der Waals surface area contributed by atoms with Crippen molar-refractivity contribution in [3.8, 4) is 0 Å². The lowest BCUT2D eigenvalue weighted by molar-refractivity contribution is -0.145. The van der Waals surface area contributed by atoms with Gasteiger partial charge >= 0.3 is 5.97 Å². The van der Waals surface area contributed by atoms with E-state index in [0.717, 1.165) is 4.90 Å². The minimum atomic E-state index is -1.10. The number of carbonyl (C=O) groups excluding carboxylic acids is 3. The lowest BCUT2D eigenvalue weighted by Crippen LogP contribution is -2.42. The van der Waals surface area contributed by atoms with Gasteiger partial charge in [-0.05, 0) is 26.0 Å². The van der Waals surface area contributed by atoms with Crippen molar-refractivity contribution in [3.05, 3.63) is 35.4 Å². The zero-order chi connectivity index (χ0) is 17.1. The van der Waals surface area contributed by atoms with Gasteiger partial charge in [0.15, 0.2) is 0 Å². The van der Waals surface area contributed by atoms with Crippen molar-refractivity contribution < 1.29 is 24.3 Å². The number of carbonyl (C=O) groups is 4. The first kappa shape index (κ1) is 16.7. The van der Waals surface area contributed by atoms with Gasteiger partial charge in [-0.3, -0.25) is 24.1 Å². The van der Waals surface area contributed by atoms with Gasteiger partial charge in [0.1, 0.15) is 6.54 Å². The fourth-order valence-corrected chi connectivity index (χ4v) is 2.50. The average molecular weight is 318 g/mol. The highest BCUT2D eigenvalue weighted by Crippen LogP contribution is 2.22. The lowest BCUT2D eigenvalue weighted by atomic mass is 10.1. The van der Waals surface area contributed by atoms with Crippen LogP contribution in [0.5, 0.6) is 0 Å². The molecule has 1 N–H and O–H groups in total. The molecule has 23 heavy (non-hydrogen) atoms. The van der Waals surface area contributed by atoms with Crippen LogP contribution in [0.1, 0.15) is 41.0 Å². The number of hydrogen-bond donors (Lipinski definition) is 1. The first-order valence-corrected chi connectivity index (χ1v) is 7.29. The molecular weight excluding hydrogens is 300 g/mol. The van der Waals surface area contributed by atoms with Crippen molar-refractivity contribution in [2.24, 2.45) is 0 Å². The molecular formula is C16H18N2O5. The SMILES string of the molecule is CC(C)N(CC(=O)O)C(=O)CCN1C(=O)c2ccccc2C1=O. The number of aliphatic carboxylic acids is 1. The van der Waals surface area contributed by atoms with Gasteiger partial charge in [0.25, 0.3) is 11.8 Å². The second-order valence-electron chi connectivity index (χ2n) is 5.57. The van der Waals surface area contributed by atoms with Gasteiger partial charge in [-0.2, -0.15) is 0 Å². The Morgan fingerprint density at radius 3 is 2.09 bits per heavy atom. The highest BCUT2D eigenvalue weighted by atomic mass is 16.4. The van der Waals surface area contributed by atoms with E-state index in [1.165, 1.54) is 4.90 Å². The van der Waals surface area contributed by atoms with Crippen molar-refractivity contribution in [1.82, 2.24) is 9.80 Å². The molecule has 0 unspecified atom stereocenters.